The summed E-state index contributed by atoms with van der Waals surface area (Å²) in [5, 5.41) is 0.232. The molecule has 1 spiro atoms. The molecule has 2 aromatic carbocycles. The first kappa shape index (κ1) is 24.7. The third-order valence-electron chi connectivity index (χ3n) is 6.42. The average Bonchev–Trinajstić information content (AvgIpc) is 3.12. The Labute approximate surface area is 203 Å². The van der Waals surface area contributed by atoms with Gasteiger partial charge in [-0.25, -0.2) is 4.39 Å². The Morgan fingerprint density at radius 1 is 1.18 bits per heavy atom. The number of fused-ring (bicyclic) bond motifs is 2. The molecule has 0 atom stereocenters. The maximum absolute atomic E-state index is 15.2. The predicted octanol–water partition coefficient (Wildman–Crippen LogP) is 5.66. The molecule has 2 heterocycles. The molecule has 184 valence electrons. The third kappa shape index (κ3) is 5.31. The van der Waals surface area contributed by atoms with Crippen LogP contribution in [0, 0.1) is 11.6 Å². The summed E-state index contributed by atoms with van der Waals surface area (Å²) in [6.07, 6.45) is 1.95. The Bertz CT molecular complexity index is 1040. The van der Waals surface area contributed by atoms with Crippen molar-refractivity contribution in [3.8, 4) is 11.5 Å². The van der Waals surface area contributed by atoms with Crippen molar-refractivity contribution in [2.24, 2.45) is 0 Å². The van der Waals surface area contributed by atoms with Gasteiger partial charge < -0.3 is 19.1 Å². The molecular weight excluding hydrogens is 464 g/mol. The number of esters is 1. The second-order valence-corrected chi connectivity index (χ2v) is 10.4. The van der Waals surface area contributed by atoms with Crippen molar-refractivity contribution in [3.63, 3.8) is 0 Å². The summed E-state index contributed by atoms with van der Waals surface area (Å²) in [4.78, 5) is 14.2. The van der Waals surface area contributed by atoms with E-state index in [1.165, 1.54) is 12.1 Å². The van der Waals surface area contributed by atoms with Gasteiger partial charge in [0.25, 0.3) is 0 Å². The standard InChI is InChI=1S/C26H30ClF2NO4/c1-25(2,3)34-22(31)9-12-30-13-10-26(11-14-30)16-33-24-18(26)7-8-21(23(24)29)32-15-17-19(27)5-4-6-20(17)28/h4-8H,9-16H2,1-3H3. The highest BCUT2D eigenvalue weighted by Crippen LogP contribution is 2.48. The van der Waals surface area contributed by atoms with Gasteiger partial charge in [0.15, 0.2) is 11.5 Å². The fraction of sp³-hybridized carbons (Fsp3) is 0.500. The van der Waals surface area contributed by atoms with Crippen LogP contribution in [0.25, 0.3) is 0 Å². The lowest BCUT2D eigenvalue weighted by Crippen LogP contribution is -2.44. The maximum Gasteiger partial charge on any atom is 0.307 e. The van der Waals surface area contributed by atoms with E-state index in [1.54, 1.807) is 12.1 Å². The minimum atomic E-state index is -0.575. The minimum absolute atomic E-state index is 0.00455. The molecule has 4 rings (SSSR count). The highest BCUT2D eigenvalue weighted by atomic mass is 35.5. The lowest BCUT2D eigenvalue weighted by atomic mass is 9.74. The zero-order valence-electron chi connectivity index (χ0n) is 19.8. The molecule has 0 amide bonds. The molecule has 2 aliphatic rings. The summed E-state index contributed by atoms with van der Waals surface area (Å²) in [5.41, 5.74) is 0.280. The molecule has 0 aliphatic carbocycles. The van der Waals surface area contributed by atoms with Crippen LogP contribution in [0.15, 0.2) is 30.3 Å². The molecular formula is C26H30ClF2NO4. The van der Waals surface area contributed by atoms with E-state index in [2.05, 4.69) is 4.90 Å². The van der Waals surface area contributed by atoms with Gasteiger partial charge in [-0.05, 0) is 64.9 Å². The van der Waals surface area contributed by atoms with Gasteiger partial charge >= 0.3 is 5.97 Å². The molecule has 0 unspecified atom stereocenters. The quantitative estimate of drug-likeness (QED) is 0.486. The first-order chi connectivity index (χ1) is 16.1. The number of hydrogen-bond acceptors (Lipinski definition) is 5. The number of hydrogen-bond donors (Lipinski definition) is 0. The zero-order chi connectivity index (χ0) is 24.5. The number of halogens is 3. The highest BCUT2D eigenvalue weighted by molar-refractivity contribution is 6.31. The van der Waals surface area contributed by atoms with Crippen molar-refractivity contribution >= 4 is 17.6 Å². The van der Waals surface area contributed by atoms with Crippen LogP contribution in [0.1, 0.15) is 51.2 Å². The predicted molar refractivity (Wildman–Crippen MR) is 125 cm³/mol. The Morgan fingerprint density at radius 2 is 1.91 bits per heavy atom. The molecule has 2 aromatic rings. The second kappa shape index (κ2) is 9.70. The van der Waals surface area contributed by atoms with Crippen LogP contribution in [0.5, 0.6) is 11.5 Å². The first-order valence-corrected chi connectivity index (χ1v) is 11.9. The van der Waals surface area contributed by atoms with Crippen LogP contribution < -0.4 is 9.47 Å². The molecule has 34 heavy (non-hydrogen) atoms. The van der Waals surface area contributed by atoms with Crippen molar-refractivity contribution in [3.05, 3.63) is 58.1 Å². The Kier molecular flexibility index (Phi) is 7.06. The zero-order valence-corrected chi connectivity index (χ0v) is 20.5. The molecule has 0 radical (unpaired) electrons. The summed E-state index contributed by atoms with van der Waals surface area (Å²) >= 11 is 6.04. The van der Waals surface area contributed by atoms with Gasteiger partial charge in [-0.15, -0.1) is 0 Å². The van der Waals surface area contributed by atoms with E-state index in [-0.39, 0.29) is 40.1 Å². The van der Waals surface area contributed by atoms with Crippen LogP contribution in [0.4, 0.5) is 8.78 Å². The number of benzene rings is 2. The number of rotatable bonds is 6. The van der Waals surface area contributed by atoms with E-state index >= 15 is 4.39 Å². The van der Waals surface area contributed by atoms with E-state index in [9.17, 15) is 9.18 Å². The van der Waals surface area contributed by atoms with Gasteiger partial charge in [0.1, 0.15) is 18.0 Å². The van der Waals surface area contributed by atoms with E-state index in [4.69, 9.17) is 25.8 Å². The molecule has 2 aliphatic heterocycles. The molecule has 0 N–H and O–H groups in total. The molecule has 0 aromatic heterocycles. The van der Waals surface area contributed by atoms with Gasteiger partial charge in [-0.3, -0.25) is 4.79 Å². The summed E-state index contributed by atoms with van der Waals surface area (Å²) in [6, 6.07) is 7.78. The van der Waals surface area contributed by atoms with E-state index in [0.29, 0.717) is 19.6 Å². The summed E-state index contributed by atoms with van der Waals surface area (Å²) in [7, 11) is 0. The maximum atomic E-state index is 15.2. The normalized spacial score (nSPS) is 17.4. The number of ether oxygens (including phenoxy) is 3. The number of nitrogens with zero attached hydrogens (tertiary/aromatic N) is 1. The minimum Gasteiger partial charge on any atom is -0.489 e. The largest absolute Gasteiger partial charge is 0.489 e. The Hall–Kier alpha value is -2.38. The molecule has 1 saturated heterocycles. The van der Waals surface area contributed by atoms with Crippen molar-refractivity contribution in [1.29, 1.82) is 0 Å². The molecule has 0 bridgehead atoms. The van der Waals surface area contributed by atoms with Gasteiger partial charge in [0.2, 0.25) is 5.82 Å². The van der Waals surface area contributed by atoms with E-state index in [1.807, 2.05) is 26.8 Å². The van der Waals surface area contributed by atoms with Gasteiger partial charge in [0, 0.05) is 23.1 Å². The molecule has 5 nitrogen and oxygen atoms in total. The van der Waals surface area contributed by atoms with Crippen LogP contribution in [0.3, 0.4) is 0 Å². The van der Waals surface area contributed by atoms with Crippen molar-refractivity contribution in [2.45, 2.75) is 57.7 Å². The fourth-order valence-electron chi connectivity index (χ4n) is 4.58. The van der Waals surface area contributed by atoms with Crippen LogP contribution in [0.2, 0.25) is 5.02 Å². The Morgan fingerprint density at radius 3 is 2.59 bits per heavy atom. The van der Waals surface area contributed by atoms with Gasteiger partial charge in [0.05, 0.1) is 18.1 Å². The topological polar surface area (TPSA) is 48.0 Å². The summed E-state index contributed by atoms with van der Waals surface area (Å²) in [6.45, 7) is 8.01. The highest BCUT2D eigenvalue weighted by Gasteiger charge is 2.44. The number of carbonyl (C=O) groups is 1. The van der Waals surface area contributed by atoms with Crippen LogP contribution >= 0.6 is 11.6 Å². The SMILES string of the molecule is CC(C)(C)OC(=O)CCN1CCC2(CC1)COc1c2ccc(OCc2c(F)cccc2Cl)c1F. The average molecular weight is 494 g/mol. The Balaban J connectivity index is 1.38. The number of carbonyl (C=O) groups excluding carboxylic acids is 1. The molecule has 0 saturated carbocycles. The molecule has 1 fully saturated rings. The first-order valence-electron chi connectivity index (χ1n) is 11.5. The summed E-state index contributed by atoms with van der Waals surface area (Å²) in [5.74, 6) is -1.06. The van der Waals surface area contributed by atoms with Crippen LogP contribution in [-0.2, 0) is 21.6 Å². The van der Waals surface area contributed by atoms with Gasteiger partial charge in [-0.1, -0.05) is 23.7 Å². The van der Waals surface area contributed by atoms with Crippen molar-refractivity contribution < 1.29 is 27.8 Å². The van der Waals surface area contributed by atoms with Crippen molar-refractivity contribution in [1.82, 2.24) is 4.90 Å². The third-order valence-corrected chi connectivity index (χ3v) is 6.78. The summed E-state index contributed by atoms with van der Waals surface area (Å²) < 4.78 is 46.0. The van der Waals surface area contributed by atoms with Crippen molar-refractivity contribution in [2.75, 3.05) is 26.2 Å². The number of likely N-dealkylation sites (tertiary alicyclic amines) is 1. The van der Waals surface area contributed by atoms with Crippen LogP contribution in [-0.4, -0.2) is 42.7 Å². The second-order valence-electron chi connectivity index (χ2n) is 9.99. The van der Waals surface area contributed by atoms with Gasteiger partial charge in [-0.2, -0.15) is 4.39 Å². The number of piperidine rings is 1. The smallest absolute Gasteiger partial charge is 0.307 e. The monoisotopic (exact) mass is 493 g/mol. The lowest BCUT2D eigenvalue weighted by molar-refractivity contribution is -0.155. The van der Waals surface area contributed by atoms with E-state index < -0.39 is 17.2 Å². The lowest BCUT2D eigenvalue weighted by Gasteiger charge is -2.38. The van der Waals surface area contributed by atoms with E-state index in [0.717, 1.165) is 31.5 Å². The fourth-order valence-corrected chi connectivity index (χ4v) is 4.79. The molecule has 8 heteroatoms.